The highest BCUT2D eigenvalue weighted by molar-refractivity contribution is 5.47. The topological polar surface area (TPSA) is 59.1 Å². The van der Waals surface area contributed by atoms with Gasteiger partial charge in [-0.1, -0.05) is 20.8 Å². The average molecular weight is 194 g/mol. The van der Waals surface area contributed by atoms with Crippen molar-refractivity contribution in [3.63, 3.8) is 0 Å². The molecule has 78 valence electrons. The molecule has 3 heteroatoms. The summed E-state index contributed by atoms with van der Waals surface area (Å²) in [6, 6.07) is 1.72. The maximum Gasteiger partial charge on any atom is 0.0951 e. The van der Waals surface area contributed by atoms with Crippen LogP contribution in [0.5, 0.6) is 0 Å². The molecule has 0 saturated heterocycles. The second kappa shape index (κ2) is 3.96. The molecule has 1 heterocycles. The van der Waals surface area contributed by atoms with Crippen molar-refractivity contribution in [1.82, 2.24) is 4.98 Å². The number of nitrogen functional groups attached to an aromatic ring is 1. The van der Waals surface area contributed by atoms with Gasteiger partial charge in [-0.3, -0.25) is 4.98 Å². The fourth-order valence-corrected chi connectivity index (χ4v) is 1.68. The first kappa shape index (κ1) is 11.0. The maximum atomic E-state index is 10.4. The molecule has 0 aliphatic rings. The number of nitrogens with two attached hydrogens (primary N) is 1. The highest BCUT2D eigenvalue weighted by atomic mass is 16.3. The monoisotopic (exact) mass is 194 g/mol. The highest BCUT2D eigenvalue weighted by Crippen LogP contribution is 2.35. The number of aromatic nitrogens is 1. The zero-order valence-electron chi connectivity index (χ0n) is 8.99. The smallest absolute Gasteiger partial charge is 0.0951 e. The Labute approximate surface area is 85.0 Å². The fraction of sp³-hybridized carbons (Fsp3) is 0.545. The van der Waals surface area contributed by atoms with Crippen LogP contribution in [0.4, 0.5) is 5.69 Å². The van der Waals surface area contributed by atoms with E-state index in [4.69, 9.17) is 5.73 Å². The third kappa shape index (κ3) is 1.73. The number of anilines is 1. The van der Waals surface area contributed by atoms with Crippen molar-refractivity contribution < 1.29 is 5.11 Å². The van der Waals surface area contributed by atoms with Crippen LogP contribution in [0.15, 0.2) is 18.5 Å². The van der Waals surface area contributed by atoms with Crippen molar-refractivity contribution in [2.45, 2.75) is 32.8 Å². The molecule has 0 radical (unpaired) electrons. The Morgan fingerprint density at radius 1 is 1.57 bits per heavy atom. The summed E-state index contributed by atoms with van der Waals surface area (Å²) in [5.41, 5.74) is 6.30. The van der Waals surface area contributed by atoms with Crippen LogP contribution in [0.25, 0.3) is 0 Å². The first-order valence-corrected chi connectivity index (χ1v) is 4.94. The van der Waals surface area contributed by atoms with E-state index >= 15 is 0 Å². The van der Waals surface area contributed by atoms with Crippen molar-refractivity contribution in [2.75, 3.05) is 5.73 Å². The third-order valence-electron chi connectivity index (χ3n) is 2.82. The standard InChI is InChI=1S/C11H18N2O/c1-4-11(14,8(2)3)9-7-13-6-5-10(9)12/h5-8,14H,4H2,1-3H3,(H2,12,13). The molecule has 3 nitrogen and oxygen atoms in total. The van der Waals surface area contributed by atoms with Crippen LogP contribution in [-0.4, -0.2) is 10.1 Å². The van der Waals surface area contributed by atoms with Gasteiger partial charge in [-0.25, -0.2) is 0 Å². The summed E-state index contributed by atoms with van der Waals surface area (Å²) in [6.45, 7) is 5.92. The summed E-state index contributed by atoms with van der Waals surface area (Å²) in [5, 5.41) is 10.4. The van der Waals surface area contributed by atoms with Gasteiger partial charge in [0.1, 0.15) is 0 Å². The van der Waals surface area contributed by atoms with E-state index in [9.17, 15) is 5.11 Å². The van der Waals surface area contributed by atoms with Crippen molar-refractivity contribution in [2.24, 2.45) is 5.92 Å². The van der Waals surface area contributed by atoms with Crippen molar-refractivity contribution >= 4 is 5.69 Å². The lowest BCUT2D eigenvalue weighted by molar-refractivity contribution is -0.0136. The molecular formula is C11H18N2O. The Morgan fingerprint density at radius 2 is 2.21 bits per heavy atom. The molecule has 0 fully saturated rings. The van der Waals surface area contributed by atoms with Crippen LogP contribution in [-0.2, 0) is 5.60 Å². The quantitative estimate of drug-likeness (QED) is 0.772. The molecule has 0 aliphatic carbocycles. The lowest BCUT2D eigenvalue weighted by Gasteiger charge is -2.32. The van der Waals surface area contributed by atoms with Gasteiger partial charge in [-0.05, 0) is 18.4 Å². The minimum atomic E-state index is -0.863. The van der Waals surface area contributed by atoms with Crippen LogP contribution < -0.4 is 5.73 Å². The highest BCUT2D eigenvalue weighted by Gasteiger charge is 2.32. The number of nitrogens with zero attached hydrogens (tertiary/aromatic N) is 1. The van der Waals surface area contributed by atoms with Gasteiger partial charge >= 0.3 is 0 Å². The molecule has 0 bridgehead atoms. The number of hydrogen-bond donors (Lipinski definition) is 2. The Kier molecular flexibility index (Phi) is 3.11. The van der Waals surface area contributed by atoms with Gasteiger partial charge in [0, 0.05) is 23.6 Å². The largest absolute Gasteiger partial charge is 0.398 e. The zero-order chi connectivity index (χ0) is 10.8. The van der Waals surface area contributed by atoms with Crippen LogP contribution in [0.3, 0.4) is 0 Å². The second-order valence-corrected chi connectivity index (χ2v) is 3.90. The van der Waals surface area contributed by atoms with E-state index in [2.05, 4.69) is 4.98 Å². The first-order chi connectivity index (χ1) is 6.52. The summed E-state index contributed by atoms with van der Waals surface area (Å²) in [7, 11) is 0. The summed E-state index contributed by atoms with van der Waals surface area (Å²) in [6.07, 6.45) is 3.93. The van der Waals surface area contributed by atoms with Gasteiger partial charge in [0.25, 0.3) is 0 Å². The van der Waals surface area contributed by atoms with Crippen molar-refractivity contribution in [3.05, 3.63) is 24.0 Å². The number of rotatable bonds is 3. The Hall–Kier alpha value is -1.09. The Bertz CT molecular complexity index is 312. The molecule has 14 heavy (non-hydrogen) atoms. The van der Waals surface area contributed by atoms with Gasteiger partial charge < -0.3 is 10.8 Å². The van der Waals surface area contributed by atoms with Crippen LogP contribution in [0, 0.1) is 5.92 Å². The van der Waals surface area contributed by atoms with Gasteiger partial charge in [0.2, 0.25) is 0 Å². The number of hydrogen-bond acceptors (Lipinski definition) is 3. The van der Waals surface area contributed by atoms with Crippen LogP contribution >= 0.6 is 0 Å². The van der Waals surface area contributed by atoms with E-state index in [1.54, 1.807) is 18.5 Å². The Morgan fingerprint density at radius 3 is 2.64 bits per heavy atom. The fourth-order valence-electron chi connectivity index (χ4n) is 1.68. The average Bonchev–Trinajstić information content (AvgIpc) is 2.17. The molecule has 0 aromatic carbocycles. The van der Waals surface area contributed by atoms with E-state index in [-0.39, 0.29) is 5.92 Å². The minimum absolute atomic E-state index is 0.124. The molecule has 0 spiro atoms. The third-order valence-corrected chi connectivity index (χ3v) is 2.82. The lowest BCUT2D eigenvalue weighted by Crippen LogP contribution is -2.32. The minimum Gasteiger partial charge on any atom is -0.398 e. The van der Waals surface area contributed by atoms with Crippen molar-refractivity contribution in [1.29, 1.82) is 0 Å². The lowest BCUT2D eigenvalue weighted by atomic mass is 9.81. The normalized spacial score (nSPS) is 15.5. The van der Waals surface area contributed by atoms with E-state index in [1.807, 2.05) is 20.8 Å². The molecule has 1 aromatic heterocycles. The number of pyridine rings is 1. The van der Waals surface area contributed by atoms with E-state index in [0.717, 1.165) is 5.56 Å². The van der Waals surface area contributed by atoms with E-state index in [1.165, 1.54) is 0 Å². The summed E-state index contributed by atoms with van der Waals surface area (Å²) >= 11 is 0. The van der Waals surface area contributed by atoms with Gasteiger partial charge in [0.15, 0.2) is 0 Å². The van der Waals surface area contributed by atoms with Gasteiger partial charge in [0.05, 0.1) is 5.60 Å². The molecule has 1 unspecified atom stereocenters. The molecular weight excluding hydrogens is 176 g/mol. The van der Waals surface area contributed by atoms with E-state index < -0.39 is 5.60 Å². The molecule has 0 aliphatic heterocycles. The van der Waals surface area contributed by atoms with Gasteiger partial charge in [-0.2, -0.15) is 0 Å². The maximum absolute atomic E-state index is 10.4. The zero-order valence-corrected chi connectivity index (χ0v) is 8.99. The Balaban J connectivity index is 3.19. The number of aliphatic hydroxyl groups is 1. The molecule has 0 saturated carbocycles. The first-order valence-electron chi connectivity index (χ1n) is 4.94. The molecule has 1 atom stereocenters. The van der Waals surface area contributed by atoms with Crippen LogP contribution in [0.1, 0.15) is 32.8 Å². The van der Waals surface area contributed by atoms with E-state index in [0.29, 0.717) is 12.1 Å². The SMILES string of the molecule is CCC(O)(c1cnccc1N)C(C)C. The summed E-state index contributed by atoms with van der Waals surface area (Å²) in [4.78, 5) is 4.00. The second-order valence-electron chi connectivity index (χ2n) is 3.90. The molecule has 1 rings (SSSR count). The molecule has 1 aromatic rings. The summed E-state index contributed by atoms with van der Waals surface area (Å²) < 4.78 is 0. The van der Waals surface area contributed by atoms with Gasteiger partial charge in [-0.15, -0.1) is 0 Å². The predicted molar refractivity (Wildman–Crippen MR) is 57.7 cm³/mol. The van der Waals surface area contributed by atoms with Crippen molar-refractivity contribution in [3.8, 4) is 0 Å². The molecule has 0 amide bonds. The van der Waals surface area contributed by atoms with Crippen LogP contribution in [0.2, 0.25) is 0 Å². The molecule has 3 N–H and O–H groups in total. The summed E-state index contributed by atoms with van der Waals surface area (Å²) in [5.74, 6) is 0.124. The predicted octanol–water partition coefficient (Wildman–Crippen LogP) is 1.92.